The number of nitrogens with zero attached hydrogens (tertiary/aromatic N) is 3. The van der Waals surface area contributed by atoms with Crippen molar-refractivity contribution in [3.05, 3.63) is 5.92 Å². The molecule has 2 fully saturated rings. The fraction of sp³-hybridized carbons (Fsp3) is 0.875. The van der Waals surface area contributed by atoms with E-state index in [4.69, 9.17) is 0 Å². The minimum absolute atomic E-state index is 0.153. The molecule has 4 nitrogen and oxygen atoms in total. The van der Waals surface area contributed by atoms with Gasteiger partial charge in [-0.3, -0.25) is 14.6 Å². The van der Waals surface area contributed by atoms with Gasteiger partial charge in [0.25, 0.3) is 0 Å². The Morgan fingerprint density at radius 2 is 1.75 bits per heavy atom. The summed E-state index contributed by atoms with van der Waals surface area (Å²) in [6, 6.07) is 0.153. The van der Waals surface area contributed by atoms with Crippen LogP contribution in [0.15, 0.2) is 0 Å². The van der Waals surface area contributed by atoms with Gasteiger partial charge in [0.2, 0.25) is 5.91 Å². The predicted octanol–water partition coefficient (Wildman–Crippen LogP) is 1.62. The molecule has 0 aromatic rings. The first kappa shape index (κ1) is 15.8. The van der Waals surface area contributed by atoms with Crippen LogP contribution in [-0.4, -0.2) is 72.5 Å². The van der Waals surface area contributed by atoms with Gasteiger partial charge in [-0.15, -0.1) is 0 Å². The van der Waals surface area contributed by atoms with Crippen molar-refractivity contribution in [2.75, 3.05) is 45.8 Å². The summed E-state index contributed by atoms with van der Waals surface area (Å²) in [4.78, 5) is 19.6. The average Bonchev–Trinajstić information content (AvgIpc) is 2.46. The lowest BCUT2D eigenvalue weighted by molar-refractivity contribution is -0.140. The second-order valence-electron chi connectivity index (χ2n) is 6.45. The third-order valence-electron chi connectivity index (χ3n) is 4.53. The number of piperidine rings is 1. The number of rotatable bonds is 4. The van der Waals surface area contributed by atoms with Crippen molar-refractivity contribution in [1.29, 1.82) is 0 Å². The zero-order chi connectivity index (χ0) is 14.5. The van der Waals surface area contributed by atoms with E-state index in [0.29, 0.717) is 5.91 Å². The molecule has 115 valence electrons. The Hall–Kier alpha value is -0.610. The molecule has 0 saturated carbocycles. The molecule has 20 heavy (non-hydrogen) atoms. The number of amides is 1. The molecular formula is C16H30N3O. The molecule has 1 radical (unpaired) electrons. The number of likely N-dealkylation sites (N-methyl/N-ethyl adjacent to an activating group) is 1. The Labute approximate surface area is 124 Å². The van der Waals surface area contributed by atoms with Crippen LogP contribution in [0.25, 0.3) is 0 Å². The van der Waals surface area contributed by atoms with E-state index < -0.39 is 0 Å². The molecule has 0 N–H and O–H groups in total. The Balaban J connectivity index is 1.84. The molecule has 2 saturated heterocycles. The molecule has 0 unspecified atom stereocenters. The first-order valence-electron chi connectivity index (χ1n) is 8.16. The van der Waals surface area contributed by atoms with Crippen LogP contribution < -0.4 is 0 Å². The summed E-state index contributed by atoms with van der Waals surface area (Å²) in [6.45, 7) is 13.6. The zero-order valence-corrected chi connectivity index (χ0v) is 13.4. The maximum Gasteiger partial charge on any atom is 0.240 e. The van der Waals surface area contributed by atoms with Crippen LogP contribution in [0.3, 0.4) is 0 Å². The lowest BCUT2D eigenvalue weighted by atomic mass is 10.0. The molecule has 0 spiro atoms. The smallest absolute Gasteiger partial charge is 0.240 e. The first-order valence-corrected chi connectivity index (χ1v) is 8.16. The molecule has 1 atom stereocenters. The minimum Gasteiger partial charge on any atom is -0.339 e. The Bertz CT molecular complexity index is 311. The van der Waals surface area contributed by atoms with Gasteiger partial charge in [-0.05, 0) is 31.8 Å². The third kappa shape index (κ3) is 3.95. The van der Waals surface area contributed by atoms with Crippen LogP contribution in [0.2, 0.25) is 0 Å². The molecule has 1 amide bonds. The van der Waals surface area contributed by atoms with Gasteiger partial charge in [0, 0.05) is 32.7 Å². The Morgan fingerprint density at radius 1 is 1.05 bits per heavy atom. The number of hydrogen-bond donors (Lipinski definition) is 0. The first-order chi connectivity index (χ1) is 9.61. The predicted molar refractivity (Wildman–Crippen MR) is 82.5 cm³/mol. The molecule has 0 aromatic heterocycles. The maximum absolute atomic E-state index is 12.7. The van der Waals surface area contributed by atoms with Crippen LogP contribution >= 0.6 is 0 Å². The van der Waals surface area contributed by atoms with Crippen molar-refractivity contribution < 1.29 is 4.79 Å². The van der Waals surface area contributed by atoms with Crippen molar-refractivity contribution >= 4 is 5.91 Å². The summed E-state index contributed by atoms with van der Waals surface area (Å²) >= 11 is 0. The number of likely N-dealkylation sites (tertiary alicyclic amines) is 1. The van der Waals surface area contributed by atoms with Gasteiger partial charge in [-0.2, -0.15) is 0 Å². The van der Waals surface area contributed by atoms with Crippen LogP contribution in [0.5, 0.6) is 0 Å². The highest BCUT2D eigenvalue weighted by Crippen LogP contribution is 2.19. The monoisotopic (exact) mass is 280 g/mol. The molecule has 0 bridgehead atoms. The van der Waals surface area contributed by atoms with Crippen LogP contribution in [-0.2, 0) is 4.79 Å². The summed E-state index contributed by atoms with van der Waals surface area (Å²) < 4.78 is 0. The van der Waals surface area contributed by atoms with Gasteiger partial charge >= 0.3 is 0 Å². The minimum atomic E-state index is 0.153. The van der Waals surface area contributed by atoms with E-state index in [2.05, 4.69) is 35.5 Å². The van der Waals surface area contributed by atoms with E-state index in [1.165, 1.54) is 18.8 Å². The van der Waals surface area contributed by atoms with Gasteiger partial charge < -0.3 is 4.90 Å². The van der Waals surface area contributed by atoms with E-state index in [1.54, 1.807) is 0 Å². The normalized spacial score (nSPS) is 26.2. The van der Waals surface area contributed by atoms with Gasteiger partial charge in [-0.25, -0.2) is 0 Å². The second-order valence-corrected chi connectivity index (χ2v) is 6.45. The molecule has 2 heterocycles. The number of hydrogen-bond acceptors (Lipinski definition) is 3. The number of piperazine rings is 1. The van der Waals surface area contributed by atoms with Crippen LogP contribution in [0.4, 0.5) is 0 Å². The molecule has 2 aliphatic rings. The Morgan fingerprint density at radius 3 is 2.35 bits per heavy atom. The molecular weight excluding hydrogens is 250 g/mol. The van der Waals surface area contributed by atoms with Crippen LogP contribution in [0.1, 0.15) is 40.0 Å². The average molecular weight is 280 g/mol. The summed E-state index contributed by atoms with van der Waals surface area (Å²) in [6.07, 6.45) is 3.50. The maximum atomic E-state index is 12.7. The summed E-state index contributed by atoms with van der Waals surface area (Å²) in [5.74, 6) is 1.83. The van der Waals surface area contributed by atoms with E-state index >= 15 is 0 Å². The van der Waals surface area contributed by atoms with Gasteiger partial charge in [0.1, 0.15) is 0 Å². The van der Waals surface area contributed by atoms with Crippen molar-refractivity contribution in [1.82, 2.24) is 14.7 Å². The van der Waals surface area contributed by atoms with E-state index in [0.717, 1.165) is 52.2 Å². The highest BCUT2D eigenvalue weighted by Gasteiger charge is 2.32. The number of carbonyl (C=O) groups excluding carboxylic acids is 1. The summed E-state index contributed by atoms with van der Waals surface area (Å²) in [5, 5.41) is 0. The van der Waals surface area contributed by atoms with Crippen molar-refractivity contribution in [3.63, 3.8) is 0 Å². The lowest BCUT2D eigenvalue weighted by Gasteiger charge is -2.40. The van der Waals surface area contributed by atoms with Gasteiger partial charge in [0.05, 0.1) is 6.04 Å². The van der Waals surface area contributed by atoms with E-state index in [1.807, 2.05) is 0 Å². The molecule has 2 rings (SSSR count). The topological polar surface area (TPSA) is 26.8 Å². The fourth-order valence-electron chi connectivity index (χ4n) is 3.43. The Kier molecular flexibility index (Phi) is 5.85. The molecule has 2 aliphatic heterocycles. The van der Waals surface area contributed by atoms with Gasteiger partial charge in [-0.1, -0.05) is 27.2 Å². The SMILES string of the molecule is CCN1CCCC[C@H]1C(=O)N1CCN(C[C](C)C)CC1. The summed E-state index contributed by atoms with van der Waals surface area (Å²) in [5.41, 5.74) is 0. The van der Waals surface area contributed by atoms with Crippen LogP contribution in [0, 0.1) is 5.92 Å². The van der Waals surface area contributed by atoms with Crippen molar-refractivity contribution in [3.8, 4) is 0 Å². The largest absolute Gasteiger partial charge is 0.339 e. The number of carbonyl (C=O) groups is 1. The van der Waals surface area contributed by atoms with Gasteiger partial charge in [0.15, 0.2) is 0 Å². The van der Waals surface area contributed by atoms with Crippen molar-refractivity contribution in [2.24, 2.45) is 0 Å². The summed E-state index contributed by atoms with van der Waals surface area (Å²) in [7, 11) is 0. The van der Waals surface area contributed by atoms with E-state index in [-0.39, 0.29) is 6.04 Å². The highest BCUT2D eigenvalue weighted by atomic mass is 16.2. The van der Waals surface area contributed by atoms with Crippen molar-refractivity contribution in [2.45, 2.75) is 46.1 Å². The molecule has 0 aliphatic carbocycles. The lowest BCUT2D eigenvalue weighted by Crippen LogP contribution is -2.56. The standard InChI is InChI=1S/C16H30N3O/c1-4-18-8-6-5-7-15(18)16(20)19-11-9-17(10-12-19)13-14(2)3/h15H,4-13H2,1-3H3/t15-/m0/s1. The fourth-order valence-corrected chi connectivity index (χ4v) is 3.43. The highest BCUT2D eigenvalue weighted by molar-refractivity contribution is 5.82. The zero-order valence-electron chi connectivity index (χ0n) is 13.4. The molecule has 4 heteroatoms. The second kappa shape index (κ2) is 7.41. The third-order valence-corrected chi connectivity index (χ3v) is 4.53. The quantitative estimate of drug-likeness (QED) is 0.783. The molecule has 0 aromatic carbocycles. The van der Waals surface area contributed by atoms with E-state index in [9.17, 15) is 4.79 Å².